The van der Waals surface area contributed by atoms with Crippen LogP contribution in [0.4, 0.5) is 0 Å². The van der Waals surface area contributed by atoms with Crippen LogP contribution < -0.4 is 11.1 Å². The van der Waals surface area contributed by atoms with Gasteiger partial charge in [0.15, 0.2) is 0 Å². The van der Waals surface area contributed by atoms with Gasteiger partial charge in [-0.3, -0.25) is 9.59 Å². The van der Waals surface area contributed by atoms with Gasteiger partial charge in [0.1, 0.15) is 6.04 Å². The van der Waals surface area contributed by atoms with Gasteiger partial charge in [0.25, 0.3) is 0 Å². The van der Waals surface area contributed by atoms with Crippen molar-refractivity contribution in [2.75, 3.05) is 13.1 Å². The number of amides is 2. The number of nitrogens with zero attached hydrogens (tertiary/aromatic N) is 1. The second-order valence-corrected chi connectivity index (χ2v) is 10.1. The van der Waals surface area contributed by atoms with E-state index in [2.05, 4.69) is 5.32 Å². The monoisotopic (exact) mass is 431 g/mol. The van der Waals surface area contributed by atoms with E-state index in [0.717, 1.165) is 62.0 Å². The molecular weight excluding hydrogens is 398 g/mol. The molecule has 30 heavy (non-hydrogen) atoms. The third kappa shape index (κ3) is 3.87. The summed E-state index contributed by atoms with van der Waals surface area (Å²) in [5.74, 6) is 2.46. The lowest BCUT2D eigenvalue weighted by molar-refractivity contribution is -0.160. The van der Waals surface area contributed by atoms with Crippen molar-refractivity contribution in [1.29, 1.82) is 0 Å². The first-order valence-corrected chi connectivity index (χ1v) is 11.4. The lowest BCUT2D eigenvalue weighted by atomic mass is 9.49. The lowest BCUT2D eigenvalue weighted by Crippen LogP contribution is -2.57. The molecule has 5 nitrogen and oxygen atoms in total. The Morgan fingerprint density at radius 2 is 1.67 bits per heavy atom. The summed E-state index contributed by atoms with van der Waals surface area (Å²) >= 11 is 0. The molecule has 2 unspecified atom stereocenters. The molecule has 0 radical (unpaired) electrons. The van der Waals surface area contributed by atoms with Gasteiger partial charge in [-0.2, -0.15) is 0 Å². The Labute approximate surface area is 185 Å². The van der Waals surface area contributed by atoms with Crippen LogP contribution in [0.3, 0.4) is 0 Å². The first-order chi connectivity index (χ1) is 14.0. The fourth-order valence-corrected chi connectivity index (χ4v) is 7.11. The minimum atomic E-state index is -0.321. The van der Waals surface area contributed by atoms with Gasteiger partial charge in [-0.1, -0.05) is 30.3 Å². The minimum absolute atomic E-state index is 0. The van der Waals surface area contributed by atoms with E-state index < -0.39 is 0 Å². The molecule has 2 atom stereocenters. The van der Waals surface area contributed by atoms with E-state index in [9.17, 15) is 9.59 Å². The Kier molecular flexibility index (Phi) is 6.13. The molecule has 4 saturated carbocycles. The molecule has 5 aliphatic rings. The van der Waals surface area contributed by atoms with Crippen molar-refractivity contribution in [3.8, 4) is 0 Å². The van der Waals surface area contributed by atoms with Crippen molar-refractivity contribution >= 4 is 24.2 Å². The lowest BCUT2D eigenvalue weighted by Gasteiger charge is -2.56. The smallest absolute Gasteiger partial charge is 0.242 e. The average molecular weight is 432 g/mol. The summed E-state index contributed by atoms with van der Waals surface area (Å²) in [5, 5.41) is 3.02. The summed E-state index contributed by atoms with van der Waals surface area (Å²) in [7, 11) is 0. The number of rotatable bonds is 5. The van der Waals surface area contributed by atoms with Crippen LogP contribution in [0.5, 0.6) is 0 Å². The molecule has 2 amide bonds. The topological polar surface area (TPSA) is 75.4 Å². The number of hydrogen-bond donors (Lipinski definition) is 2. The summed E-state index contributed by atoms with van der Waals surface area (Å²) in [4.78, 5) is 28.6. The van der Waals surface area contributed by atoms with E-state index >= 15 is 0 Å². The van der Waals surface area contributed by atoms with Gasteiger partial charge < -0.3 is 16.0 Å². The highest BCUT2D eigenvalue weighted by atomic mass is 35.5. The summed E-state index contributed by atoms with van der Waals surface area (Å²) < 4.78 is 0. The van der Waals surface area contributed by atoms with Crippen LogP contribution in [0.15, 0.2) is 30.3 Å². The molecule has 0 spiro atoms. The van der Waals surface area contributed by atoms with Crippen LogP contribution in [-0.2, 0) is 9.59 Å². The van der Waals surface area contributed by atoms with Gasteiger partial charge in [-0.15, -0.1) is 12.4 Å². The Hall–Kier alpha value is -1.59. The van der Waals surface area contributed by atoms with Gasteiger partial charge in [0.2, 0.25) is 11.8 Å². The summed E-state index contributed by atoms with van der Waals surface area (Å²) in [6.45, 7) is 1.13. The fraction of sp³-hybridized carbons (Fsp3) is 0.667. The van der Waals surface area contributed by atoms with Gasteiger partial charge in [-0.05, 0) is 74.7 Å². The zero-order valence-corrected chi connectivity index (χ0v) is 18.4. The Morgan fingerprint density at radius 1 is 1.07 bits per heavy atom. The zero-order valence-electron chi connectivity index (χ0n) is 17.6. The number of benzene rings is 1. The summed E-state index contributed by atoms with van der Waals surface area (Å²) in [6.07, 6.45) is 8.84. The Balaban J connectivity index is 0.00000218. The Morgan fingerprint density at radius 3 is 2.27 bits per heavy atom. The van der Waals surface area contributed by atoms with Crippen molar-refractivity contribution in [2.24, 2.45) is 28.9 Å². The molecule has 4 aliphatic carbocycles. The van der Waals surface area contributed by atoms with Gasteiger partial charge in [0.05, 0.1) is 5.41 Å². The number of likely N-dealkylation sites (tertiary alicyclic amines) is 1. The van der Waals surface area contributed by atoms with Crippen molar-refractivity contribution in [2.45, 2.75) is 63.5 Å². The predicted octanol–water partition coefficient (Wildman–Crippen LogP) is 3.43. The molecule has 6 rings (SSSR count). The second-order valence-electron chi connectivity index (χ2n) is 10.1. The third-order valence-corrected chi connectivity index (χ3v) is 8.03. The Bertz CT molecular complexity index is 749. The molecule has 1 aromatic rings. The third-order valence-electron chi connectivity index (χ3n) is 8.03. The zero-order chi connectivity index (χ0) is 20.0. The van der Waals surface area contributed by atoms with Crippen LogP contribution in [0.2, 0.25) is 0 Å². The normalized spacial score (nSPS) is 35.0. The highest BCUT2D eigenvalue weighted by Crippen LogP contribution is 2.60. The largest absolute Gasteiger partial charge is 0.352 e. The number of halogens is 1. The molecule has 3 N–H and O–H groups in total. The maximum atomic E-state index is 13.7. The number of carbonyl (C=O) groups is 2. The standard InChI is InChI=1S/C24H33N3O2.ClH/c25-20(19-5-2-1-3-6-19)15-26-22(28)21-7-4-8-27(21)23(29)24-12-16-9-17(13-24)11-18(10-16)14-24;/h1-3,5-6,16-18,20-21H,4,7-15,25H2,(H,26,28);1H. The molecule has 5 fully saturated rings. The van der Waals surface area contributed by atoms with Crippen LogP contribution in [-0.4, -0.2) is 35.8 Å². The number of nitrogens with one attached hydrogen (secondary N) is 1. The second kappa shape index (κ2) is 8.51. The molecule has 1 aliphatic heterocycles. The van der Waals surface area contributed by atoms with E-state index in [0.29, 0.717) is 6.54 Å². The van der Waals surface area contributed by atoms with Crippen molar-refractivity contribution < 1.29 is 9.59 Å². The molecule has 1 saturated heterocycles. The summed E-state index contributed by atoms with van der Waals surface area (Å²) in [6, 6.07) is 9.29. The van der Waals surface area contributed by atoms with E-state index in [1.54, 1.807) is 0 Å². The van der Waals surface area contributed by atoms with Crippen LogP contribution in [0.1, 0.15) is 63.0 Å². The predicted molar refractivity (Wildman–Crippen MR) is 119 cm³/mol. The van der Waals surface area contributed by atoms with Crippen molar-refractivity contribution in [3.63, 3.8) is 0 Å². The van der Waals surface area contributed by atoms with Gasteiger partial charge >= 0.3 is 0 Å². The average Bonchev–Trinajstić information content (AvgIpc) is 3.20. The first-order valence-electron chi connectivity index (χ1n) is 11.4. The maximum absolute atomic E-state index is 13.7. The van der Waals surface area contributed by atoms with Crippen molar-refractivity contribution in [3.05, 3.63) is 35.9 Å². The number of nitrogens with two attached hydrogens (primary N) is 1. The van der Waals surface area contributed by atoms with E-state index in [1.165, 1.54) is 19.3 Å². The SMILES string of the molecule is Cl.NC(CNC(=O)C1CCCN1C(=O)C12CC3CC(CC(C3)C1)C2)c1ccccc1. The molecule has 1 heterocycles. The van der Waals surface area contributed by atoms with E-state index in [4.69, 9.17) is 5.73 Å². The summed E-state index contributed by atoms with van der Waals surface area (Å²) in [5.41, 5.74) is 7.09. The van der Waals surface area contributed by atoms with E-state index in [-0.39, 0.29) is 41.7 Å². The molecule has 6 heteroatoms. The highest BCUT2D eigenvalue weighted by Gasteiger charge is 2.56. The van der Waals surface area contributed by atoms with Gasteiger partial charge in [-0.25, -0.2) is 0 Å². The minimum Gasteiger partial charge on any atom is -0.352 e. The molecule has 4 bridgehead atoms. The van der Waals surface area contributed by atoms with Crippen LogP contribution in [0.25, 0.3) is 0 Å². The molecule has 164 valence electrons. The van der Waals surface area contributed by atoms with Crippen molar-refractivity contribution in [1.82, 2.24) is 10.2 Å². The molecule has 1 aromatic carbocycles. The van der Waals surface area contributed by atoms with Gasteiger partial charge in [0, 0.05) is 19.1 Å². The number of carbonyl (C=O) groups excluding carboxylic acids is 2. The molecule has 0 aromatic heterocycles. The maximum Gasteiger partial charge on any atom is 0.242 e. The quantitative estimate of drug-likeness (QED) is 0.749. The van der Waals surface area contributed by atoms with Crippen LogP contribution >= 0.6 is 12.4 Å². The molecular formula is C24H34ClN3O2. The fourth-order valence-electron chi connectivity index (χ4n) is 7.11. The van der Waals surface area contributed by atoms with Crippen LogP contribution in [0, 0.1) is 23.2 Å². The first kappa shape index (κ1) is 21.6. The number of hydrogen-bond acceptors (Lipinski definition) is 3. The highest BCUT2D eigenvalue weighted by molar-refractivity contribution is 5.91. The van der Waals surface area contributed by atoms with E-state index in [1.807, 2.05) is 35.2 Å².